The largest absolute Gasteiger partial charge is 0.508 e. The summed E-state index contributed by atoms with van der Waals surface area (Å²) in [4.78, 5) is 14.0. The van der Waals surface area contributed by atoms with E-state index in [0.29, 0.717) is 0 Å². The minimum absolute atomic E-state index is 0.0206. The normalized spacial score (nSPS) is 11.3. The van der Waals surface area contributed by atoms with Crippen LogP contribution in [0.3, 0.4) is 0 Å². The summed E-state index contributed by atoms with van der Waals surface area (Å²) in [6.45, 7) is 1.75. The summed E-state index contributed by atoms with van der Waals surface area (Å²) in [6, 6.07) is 9.96. The van der Waals surface area contributed by atoms with Gasteiger partial charge in [0.15, 0.2) is 5.78 Å². The van der Waals surface area contributed by atoms with Gasteiger partial charge in [0.25, 0.3) is 10.0 Å². The Kier molecular flexibility index (Phi) is 4.08. The lowest BCUT2D eigenvalue weighted by Crippen LogP contribution is -2.31. The van der Waals surface area contributed by atoms with Gasteiger partial charge in [-0.25, -0.2) is 8.42 Å². The number of aromatic hydroxyl groups is 1. The van der Waals surface area contributed by atoms with E-state index in [1.54, 1.807) is 17.8 Å². The molecule has 0 fully saturated rings. The Balaban J connectivity index is 2.60. The van der Waals surface area contributed by atoms with Crippen LogP contribution in [0.15, 0.2) is 47.4 Å². The number of carbonyl (C=O) groups is 1. The number of phenols is 1. The van der Waals surface area contributed by atoms with Gasteiger partial charge < -0.3 is 5.11 Å². The number of phenolic OH excluding ortho intramolecular Hbond substituents is 1. The SMILES string of the molecule is Cc1ccc(S(=O)(=O)NN)c(C(=O)c2ccc(O)cc2)c1. The van der Waals surface area contributed by atoms with E-state index in [9.17, 15) is 18.3 Å². The van der Waals surface area contributed by atoms with Crippen LogP contribution in [-0.2, 0) is 10.0 Å². The highest BCUT2D eigenvalue weighted by atomic mass is 32.2. The molecule has 110 valence electrons. The van der Waals surface area contributed by atoms with Gasteiger partial charge in [0, 0.05) is 11.1 Å². The summed E-state index contributed by atoms with van der Waals surface area (Å²) in [5.74, 6) is 4.58. The molecule has 0 bridgehead atoms. The van der Waals surface area contributed by atoms with Crippen molar-refractivity contribution in [2.75, 3.05) is 0 Å². The minimum Gasteiger partial charge on any atom is -0.508 e. The molecule has 2 aromatic rings. The molecule has 0 aromatic heterocycles. The average Bonchev–Trinajstić information content (AvgIpc) is 2.47. The summed E-state index contributed by atoms with van der Waals surface area (Å²) in [5, 5.41) is 9.24. The quantitative estimate of drug-likeness (QED) is 0.445. The van der Waals surface area contributed by atoms with Gasteiger partial charge in [0.1, 0.15) is 5.75 Å². The fraction of sp³-hybridized carbons (Fsp3) is 0.0714. The van der Waals surface area contributed by atoms with Crippen LogP contribution >= 0.6 is 0 Å². The van der Waals surface area contributed by atoms with Crippen LogP contribution in [0, 0.1) is 6.92 Å². The molecule has 0 saturated heterocycles. The van der Waals surface area contributed by atoms with Crippen molar-refractivity contribution in [1.82, 2.24) is 4.83 Å². The third-order valence-electron chi connectivity index (χ3n) is 2.95. The molecule has 0 amide bonds. The molecule has 0 spiro atoms. The first kappa shape index (κ1) is 15.2. The lowest BCUT2D eigenvalue weighted by atomic mass is 10.0. The van der Waals surface area contributed by atoms with Crippen LogP contribution in [0.2, 0.25) is 0 Å². The first-order valence-electron chi connectivity index (χ1n) is 6.02. The molecule has 0 aliphatic heterocycles. The molecule has 0 aliphatic carbocycles. The Morgan fingerprint density at radius 3 is 2.33 bits per heavy atom. The number of nitrogens with one attached hydrogen (secondary N) is 1. The van der Waals surface area contributed by atoms with Crippen LogP contribution in [-0.4, -0.2) is 19.3 Å². The Morgan fingerprint density at radius 2 is 1.76 bits per heavy atom. The zero-order valence-corrected chi connectivity index (χ0v) is 12.0. The van der Waals surface area contributed by atoms with E-state index in [0.717, 1.165) is 5.56 Å². The van der Waals surface area contributed by atoms with E-state index in [1.807, 2.05) is 0 Å². The van der Waals surface area contributed by atoms with Crippen LogP contribution in [0.5, 0.6) is 5.75 Å². The van der Waals surface area contributed by atoms with Gasteiger partial charge in [0.05, 0.1) is 4.90 Å². The summed E-state index contributed by atoms with van der Waals surface area (Å²) in [7, 11) is -3.95. The van der Waals surface area contributed by atoms with E-state index in [2.05, 4.69) is 0 Å². The molecule has 21 heavy (non-hydrogen) atoms. The van der Waals surface area contributed by atoms with Gasteiger partial charge in [-0.2, -0.15) is 4.83 Å². The van der Waals surface area contributed by atoms with Crippen molar-refractivity contribution < 1.29 is 18.3 Å². The predicted octanol–water partition coefficient (Wildman–Crippen LogP) is 1.08. The van der Waals surface area contributed by atoms with Gasteiger partial charge in [-0.15, -0.1) is 0 Å². The number of benzene rings is 2. The third-order valence-corrected chi connectivity index (χ3v) is 4.20. The fourth-order valence-electron chi connectivity index (χ4n) is 1.89. The smallest absolute Gasteiger partial charge is 0.253 e. The maximum absolute atomic E-state index is 12.5. The first-order chi connectivity index (χ1) is 9.85. The Labute approximate surface area is 122 Å². The van der Waals surface area contributed by atoms with Crippen molar-refractivity contribution in [2.45, 2.75) is 11.8 Å². The second kappa shape index (κ2) is 5.65. The first-order valence-corrected chi connectivity index (χ1v) is 7.50. The number of hydrogen-bond acceptors (Lipinski definition) is 5. The van der Waals surface area contributed by atoms with Gasteiger partial charge in [-0.05, 0) is 43.3 Å². The molecule has 0 radical (unpaired) electrons. The van der Waals surface area contributed by atoms with Crippen molar-refractivity contribution in [3.8, 4) is 5.75 Å². The average molecular weight is 306 g/mol. The minimum atomic E-state index is -3.95. The Hall–Kier alpha value is -2.22. The fourth-order valence-corrected chi connectivity index (χ4v) is 2.70. The molecular weight excluding hydrogens is 292 g/mol. The zero-order valence-electron chi connectivity index (χ0n) is 11.2. The van der Waals surface area contributed by atoms with Crippen LogP contribution in [0.25, 0.3) is 0 Å². The second-order valence-corrected chi connectivity index (χ2v) is 6.18. The summed E-state index contributed by atoms with van der Waals surface area (Å²) >= 11 is 0. The van der Waals surface area contributed by atoms with Crippen molar-refractivity contribution in [3.63, 3.8) is 0 Å². The Morgan fingerprint density at radius 1 is 1.14 bits per heavy atom. The molecule has 0 aliphatic rings. The summed E-state index contributed by atoms with van der Waals surface area (Å²) in [5.41, 5.74) is 1.04. The van der Waals surface area contributed by atoms with Crippen molar-refractivity contribution in [2.24, 2.45) is 5.84 Å². The van der Waals surface area contributed by atoms with Crippen LogP contribution < -0.4 is 10.7 Å². The van der Waals surface area contributed by atoms with Gasteiger partial charge >= 0.3 is 0 Å². The molecule has 2 aromatic carbocycles. The van der Waals surface area contributed by atoms with Crippen LogP contribution in [0.4, 0.5) is 0 Å². The van der Waals surface area contributed by atoms with E-state index in [4.69, 9.17) is 5.84 Å². The molecule has 0 unspecified atom stereocenters. The Bertz CT molecular complexity index is 783. The molecule has 2 rings (SSSR count). The predicted molar refractivity (Wildman–Crippen MR) is 77.2 cm³/mol. The lowest BCUT2D eigenvalue weighted by molar-refractivity contribution is 0.103. The van der Waals surface area contributed by atoms with Crippen LogP contribution in [0.1, 0.15) is 21.5 Å². The molecule has 6 nitrogen and oxygen atoms in total. The highest BCUT2D eigenvalue weighted by molar-refractivity contribution is 7.89. The molecule has 7 heteroatoms. The molecular formula is C14H14N2O4S. The van der Waals surface area contributed by atoms with Crippen molar-refractivity contribution in [1.29, 1.82) is 0 Å². The number of hydrazine groups is 1. The molecule has 4 N–H and O–H groups in total. The lowest BCUT2D eigenvalue weighted by Gasteiger charge is -2.10. The third kappa shape index (κ3) is 3.10. The zero-order chi connectivity index (χ0) is 15.6. The number of ketones is 1. The van der Waals surface area contributed by atoms with E-state index in [-0.39, 0.29) is 21.8 Å². The number of carbonyl (C=O) groups excluding carboxylic acids is 1. The number of aryl methyl sites for hydroxylation is 1. The van der Waals surface area contributed by atoms with Crippen molar-refractivity contribution >= 4 is 15.8 Å². The van der Waals surface area contributed by atoms with E-state index < -0.39 is 15.8 Å². The molecule has 0 saturated carbocycles. The van der Waals surface area contributed by atoms with E-state index >= 15 is 0 Å². The molecule has 0 heterocycles. The van der Waals surface area contributed by atoms with Gasteiger partial charge in [-0.3, -0.25) is 10.6 Å². The monoisotopic (exact) mass is 306 g/mol. The standard InChI is InChI=1S/C14H14N2O4S/c1-9-2-7-13(21(19,20)16-15)12(8-9)14(18)10-3-5-11(17)6-4-10/h2-8,16-17H,15H2,1H3. The van der Waals surface area contributed by atoms with E-state index in [1.165, 1.54) is 36.4 Å². The van der Waals surface area contributed by atoms with Crippen molar-refractivity contribution in [3.05, 3.63) is 59.2 Å². The number of sulfonamides is 1. The summed E-state index contributed by atoms with van der Waals surface area (Å²) in [6.07, 6.45) is 0. The number of rotatable bonds is 4. The molecule has 0 atom stereocenters. The second-order valence-electron chi connectivity index (χ2n) is 4.50. The number of hydrogen-bond donors (Lipinski definition) is 3. The highest BCUT2D eigenvalue weighted by Crippen LogP contribution is 2.21. The number of nitrogens with two attached hydrogens (primary N) is 1. The highest BCUT2D eigenvalue weighted by Gasteiger charge is 2.22. The maximum Gasteiger partial charge on any atom is 0.253 e. The summed E-state index contributed by atoms with van der Waals surface area (Å²) < 4.78 is 23.8. The van der Waals surface area contributed by atoms with Gasteiger partial charge in [-0.1, -0.05) is 11.6 Å². The topological polar surface area (TPSA) is 109 Å². The van der Waals surface area contributed by atoms with Gasteiger partial charge in [0.2, 0.25) is 0 Å². The maximum atomic E-state index is 12.5.